The lowest BCUT2D eigenvalue weighted by Gasteiger charge is -2.07. The number of hydrogen-bond acceptors (Lipinski definition) is 1. The number of aliphatic hydroxyl groups is 1. The van der Waals surface area contributed by atoms with Crippen LogP contribution in [0.3, 0.4) is 0 Å². The molecule has 0 aliphatic heterocycles. The van der Waals surface area contributed by atoms with Gasteiger partial charge in [0.15, 0.2) is 0 Å². The first kappa shape index (κ1) is 11.6. The maximum atomic E-state index is 12.3. The van der Waals surface area contributed by atoms with Gasteiger partial charge in [-0.05, 0) is 24.6 Å². The second kappa shape index (κ2) is 4.37. The summed E-state index contributed by atoms with van der Waals surface area (Å²) in [5.41, 5.74) is 0.221. The predicted octanol–water partition coefficient (Wildman–Crippen LogP) is 2.36. The molecule has 1 N–H and O–H groups in total. The van der Waals surface area contributed by atoms with Crippen LogP contribution in [0.5, 0.6) is 0 Å². The van der Waals surface area contributed by atoms with Gasteiger partial charge in [-0.3, -0.25) is 0 Å². The number of rotatable bonds is 0. The van der Waals surface area contributed by atoms with Crippen LogP contribution in [0.25, 0.3) is 0 Å². The summed E-state index contributed by atoms with van der Waals surface area (Å²) < 4.78 is 37.0. The minimum Gasteiger partial charge on any atom is -0.384 e. The number of benzene rings is 1. The molecule has 1 aromatic carbocycles. The summed E-state index contributed by atoms with van der Waals surface area (Å²) >= 11 is 0. The van der Waals surface area contributed by atoms with E-state index in [0.29, 0.717) is 11.1 Å². The molecule has 0 spiro atoms. The van der Waals surface area contributed by atoms with Gasteiger partial charge in [0, 0.05) is 5.56 Å². The Bertz CT molecular complexity index is 410. The van der Waals surface area contributed by atoms with E-state index in [1.165, 1.54) is 6.07 Å². The molecule has 1 nitrogen and oxygen atoms in total. The molecule has 0 unspecified atom stereocenters. The number of aryl methyl sites for hydroxylation is 1. The summed E-state index contributed by atoms with van der Waals surface area (Å²) in [5, 5.41) is 8.45. The fourth-order valence-corrected chi connectivity index (χ4v) is 1.07. The van der Waals surface area contributed by atoms with Crippen molar-refractivity contribution in [3.05, 3.63) is 34.9 Å². The highest BCUT2D eigenvalue weighted by Gasteiger charge is 2.30. The smallest absolute Gasteiger partial charge is 0.384 e. The molecule has 0 fully saturated rings. The minimum absolute atomic E-state index is 0.291. The van der Waals surface area contributed by atoms with Gasteiger partial charge < -0.3 is 5.11 Å². The van der Waals surface area contributed by atoms with Gasteiger partial charge in [-0.1, -0.05) is 17.9 Å². The number of hydrogen-bond donors (Lipinski definition) is 1. The summed E-state index contributed by atoms with van der Waals surface area (Å²) in [6, 6.07) is 3.36. The molecule has 0 amide bonds. The fourth-order valence-electron chi connectivity index (χ4n) is 1.07. The topological polar surface area (TPSA) is 20.2 Å². The third-order valence-corrected chi connectivity index (χ3v) is 1.87. The van der Waals surface area contributed by atoms with Gasteiger partial charge in [0.1, 0.15) is 6.61 Å². The third kappa shape index (κ3) is 3.00. The molecule has 0 atom stereocenters. The van der Waals surface area contributed by atoms with Gasteiger partial charge in [0.25, 0.3) is 0 Å². The highest BCUT2D eigenvalue weighted by atomic mass is 19.4. The maximum absolute atomic E-state index is 12.3. The van der Waals surface area contributed by atoms with E-state index >= 15 is 0 Å². The monoisotopic (exact) mass is 214 g/mol. The average Bonchev–Trinajstić information content (AvgIpc) is 2.15. The van der Waals surface area contributed by atoms with E-state index in [2.05, 4.69) is 11.8 Å². The maximum Gasteiger partial charge on any atom is 0.416 e. The minimum atomic E-state index is -4.36. The Morgan fingerprint density at radius 1 is 1.33 bits per heavy atom. The van der Waals surface area contributed by atoms with Crippen molar-refractivity contribution in [1.82, 2.24) is 0 Å². The molecule has 0 saturated heterocycles. The Hall–Kier alpha value is -1.47. The van der Waals surface area contributed by atoms with Crippen LogP contribution in [-0.4, -0.2) is 11.7 Å². The van der Waals surface area contributed by atoms with Crippen LogP contribution in [0.4, 0.5) is 13.2 Å². The normalized spacial score (nSPS) is 10.7. The zero-order chi connectivity index (χ0) is 11.5. The molecular weight excluding hydrogens is 205 g/mol. The first-order valence-electron chi connectivity index (χ1n) is 4.22. The summed E-state index contributed by atoms with van der Waals surface area (Å²) in [6.07, 6.45) is -4.36. The Morgan fingerprint density at radius 2 is 2.00 bits per heavy atom. The highest BCUT2D eigenvalue weighted by Crippen LogP contribution is 2.30. The van der Waals surface area contributed by atoms with Crippen LogP contribution < -0.4 is 0 Å². The highest BCUT2D eigenvalue weighted by molar-refractivity contribution is 5.43. The Kier molecular flexibility index (Phi) is 3.38. The Labute approximate surface area is 85.5 Å². The molecule has 0 radical (unpaired) electrons. The SMILES string of the molecule is Cc1ccc(C(F)(F)F)cc1C#CCO. The van der Waals surface area contributed by atoms with Crippen molar-refractivity contribution < 1.29 is 18.3 Å². The second-order valence-electron chi connectivity index (χ2n) is 2.99. The van der Waals surface area contributed by atoms with E-state index in [1.54, 1.807) is 6.92 Å². The lowest BCUT2D eigenvalue weighted by atomic mass is 10.1. The summed E-state index contributed by atoms with van der Waals surface area (Å²) in [7, 11) is 0. The predicted molar refractivity (Wildman–Crippen MR) is 50.1 cm³/mol. The van der Waals surface area contributed by atoms with E-state index in [9.17, 15) is 13.2 Å². The summed E-state index contributed by atoms with van der Waals surface area (Å²) in [4.78, 5) is 0. The van der Waals surface area contributed by atoms with E-state index in [1.807, 2.05) is 0 Å². The molecule has 80 valence electrons. The van der Waals surface area contributed by atoms with Gasteiger partial charge in [-0.15, -0.1) is 0 Å². The molecular formula is C11H9F3O. The first-order valence-corrected chi connectivity index (χ1v) is 4.22. The molecule has 0 aliphatic carbocycles. The quantitative estimate of drug-likeness (QED) is 0.657. The van der Waals surface area contributed by atoms with Crippen LogP contribution in [0.15, 0.2) is 18.2 Å². The van der Waals surface area contributed by atoms with Gasteiger partial charge in [-0.25, -0.2) is 0 Å². The van der Waals surface area contributed by atoms with Crippen molar-refractivity contribution in [2.24, 2.45) is 0 Å². The van der Waals surface area contributed by atoms with Crippen LogP contribution in [0.1, 0.15) is 16.7 Å². The van der Waals surface area contributed by atoms with Crippen LogP contribution >= 0.6 is 0 Å². The molecule has 1 aromatic rings. The lowest BCUT2D eigenvalue weighted by molar-refractivity contribution is -0.137. The largest absolute Gasteiger partial charge is 0.416 e. The van der Waals surface area contributed by atoms with Crippen LogP contribution in [0.2, 0.25) is 0 Å². The number of aliphatic hydroxyl groups excluding tert-OH is 1. The first-order chi connectivity index (χ1) is 6.95. The number of halogens is 3. The fraction of sp³-hybridized carbons (Fsp3) is 0.273. The van der Waals surface area contributed by atoms with Gasteiger partial charge in [0.05, 0.1) is 5.56 Å². The van der Waals surface area contributed by atoms with Gasteiger partial charge >= 0.3 is 6.18 Å². The second-order valence-corrected chi connectivity index (χ2v) is 2.99. The zero-order valence-corrected chi connectivity index (χ0v) is 8.02. The summed E-state index contributed by atoms with van der Waals surface area (Å²) in [6.45, 7) is 1.30. The molecule has 4 heteroatoms. The lowest BCUT2D eigenvalue weighted by Crippen LogP contribution is -2.05. The standard InChI is InChI=1S/C11H9F3O/c1-8-4-5-10(11(12,13)14)7-9(8)3-2-6-15/h4-5,7,15H,6H2,1H3. The van der Waals surface area contributed by atoms with Crippen molar-refractivity contribution >= 4 is 0 Å². The molecule has 1 rings (SSSR count). The third-order valence-electron chi connectivity index (χ3n) is 1.87. The van der Waals surface area contributed by atoms with Crippen molar-refractivity contribution in [3.8, 4) is 11.8 Å². The molecule has 0 aromatic heterocycles. The summed E-state index contributed by atoms with van der Waals surface area (Å²) in [5.74, 6) is 4.80. The molecule has 0 heterocycles. The van der Waals surface area contributed by atoms with Crippen molar-refractivity contribution in [3.63, 3.8) is 0 Å². The number of alkyl halides is 3. The van der Waals surface area contributed by atoms with Crippen LogP contribution in [0, 0.1) is 18.8 Å². The van der Waals surface area contributed by atoms with Crippen LogP contribution in [-0.2, 0) is 6.18 Å². The van der Waals surface area contributed by atoms with Crippen molar-refractivity contribution in [1.29, 1.82) is 0 Å². The Balaban J connectivity index is 3.17. The van der Waals surface area contributed by atoms with E-state index in [-0.39, 0.29) is 6.61 Å². The molecule has 15 heavy (non-hydrogen) atoms. The van der Waals surface area contributed by atoms with E-state index in [4.69, 9.17) is 5.11 Å². The van der Waals surface area contributed by atoms with Gasteiger partial charge in [0.2, 0.25) is 0 Å². The molecule has 0 saturated carbocycles. The van der Waals surface area contributed by atoms with Crippen molar-refractivity contribution in [2.45, 2.75) is 13.1 Å². The molecule has 0 aliphatic rings. The average molecular weight is 214 g/mol. The molecule has 0 bridgehead atoms. The van der Waals surface area contributed by atoms with E-state index < -0.39 is 11.7 Å². The Morgan fingerprint density at radius 3 is 2.53 bits per heavy atom. The zero-order valence-electron chi connectivity index (χ0n) is 8.02. The van der Waals surface area contributed by atoms with E-state index in [0.717, 1.165) is 12.1 Å². The van der Waals surface area contributed by atoms with Crippen molar-refractivity contribution in [2.75, 3.05) is 6.61 Å². The van der Waals surface area contributed by atoms with Gasteiger partial charge in [-0.2, -0.15) is 13.2 Å².